The van der Waals surface area contributed by atoms with Crippen molar-refractivity contribution in [2.45, 2.75) is 13.5 Å². The molecule has 0 spiro atoms. The van der Waals surface area contributed by atoms with Crippen LogP contribution in [0.1, 0.15) is 11.4 Å². The average Bonchev–Trinajstić information content (AvgIpc) is 3.11. The lowest BCUT2D eigenvalue weighted by atomic mass is 10.2. The van der Waals surface area contributed by atoms with Gasteiger partial charge in [0.05, 0.1) is 5.39 Å². The molecule has 3 aromatic heterocycles. The summed E-state index contributed by atoms with van der Waals surface area (Å²) in [5.74, 6) is 1.39. The average molecular weight is 365 g/mol. The predicted molar refractivity (Wildman–Crippen MR) is 100 cm³/mol. The van der Waals surface area contributed by atoms with Gasteiger partial charge in [-0.3, -0.25) is 0 Å². The number of nitrogens with two attached hydrogens (primary N) is 1. The molecule has 0 aliphatic rings. The summed E-state index contributed by atoms with van der Waals surface area (Å²) >= 11 is 1.53. The molecular weight excluding hydrogens is 350 g/mol. The molecule has 0 radical (unpaired) electrons. The first kappa shape index (κ1) is 16.2. The second kappa shape index (κ2) is 6.89. The lowest BCUT2D eigenvalue weighted by molar-refractivity contribution is 0.288. The highest BCUT2D eigenvalue weighted by Crippen LogP contribution is 2.26. The third kappa shape index (κ3) is 3.38. The number of nitrogens with one attached hydrogen (secondary N) is 1. The fourth-order valence-electron chi connectivity index (χ4n) is 2.41. The van der Waals surface area contributed by atoms with E-state index >= 15 is 0 Å². The van der Waals surface area contributed by atoms with Crippen molar-refractivity contribution in [3.8, 4) is 5.88 Å². The number of aromatic nitrogens is 5. The third-order valence-corrected chi connectivity index (χ3v) is 4.47. The van der Waals surface area contributed by atoms with Gasteiger partial charge in [0.2, 0.25) is 17.8 Å². The van der Waals surface area contributed by atoms with Crippen LogP contribution in [0.4, 0.5) is 17.6 Å². The quantitative estimate of drug-likeness (QED) is 0.555. The SMILES string of the molecule is Cc1ccccc1Nc1nc(N)nc(COc2ncnc3sccc23)n1. The minimum atomic E-state index is 0.122. The first-order valence-electron chi connectivity index (χ1n) is 7.83. The number of nitrogen functional groups attached to an aromatic ring is 1. The number of rotatable bonds is 5. The molecule has 3 N–H and O–H groups in total. The van der Waals surface area contributed by atoms with E-state index in [2.05, 4.69) is 30.2 Å². The summed E-state index contributed by atoms with van der Waals surface area (Å²) in [7, 11) is 0. The third-order valence-electron chi connectivity index (χ3n) is 3.65. The van der Waals surface area contributed by atoms with Gasteiger partial charge >= 0.3 is 0 Å². The minimum Gasteiger partial charge on any atom is -0.469 e. The van der Waals surface area contributed by atoms with Crippen molar-refractivity contribution < 1.29 is 4.74 Å². The Labute approximate surface area is 153 Å². The van der Waals surface area contributed by atoms with E-state index in [-0.39, 0.29) is 12.6 Å². The molecule has 0 amide bonds. The maximum atomic E-state index is 5.81. The molecule has 1 aromatic carbocycles. The summed E-state index contributed by atoms with van der Waals surface area (Å²) in [4.78, 5) is 21.9. The highest BCUT2D eigenvalue weighted by Gasteiger charge is 2.10. The van der Waals surface area contributed by atoms with Gasteiger partial charge in [-0.15, -0.1) is 11.3 Å². The van der Waals surface area contributed by atoms with Crippen LogP contribution in [-0.4, -0.2) is 24.9 Å². The highest BCUT2D eigenvalue weighted by atomic mass is 32.1. The monoisotopic (exact) mass is 365 g/mol. The van der Waals surface area contributed by atoms with Gasteiger partial charge in [0.1, 0.15) is 17.8 Å². The molecule has 0 unspecified atom stereocenters. The summed E-state index contributed by atoms with van der Waals surface area (Å²) in [6.07, 6.45) is 1.47. The highest BCUT2D eigenvalue weighted by molar-refractivity contribution is 7.16. The number of anilines is 3. The van der Waals surface area contributed by atoms with Gasteiger partial charge in [0.25, 0.3) is 0 Å². The molecule has 0 fully saturated rings. The largest absolute Gasteiger partial charge is 0.469 e. The number of thiophene rings is 1. The molecule has 0 saturated carbocycles. The Hall–Kier alpha value is -3.33. The van der Waals surface area contributed by atoms with Crippen molar-refractivity contribution in [1.82, 2.24) is 24.9 Å². The molecule has 26 heavy (non-hydrogen) atoms. The van der Waals surface area contributed by atoms with Crippen LogP contribution in [0.2, 0.25) is 0 Å². The van der Waals surface area contributed by atoms with Gasteiger partial charge in [0.15, 0.2) is 5.82 Å². The Bertz CT molecular complexity index is 1070. The van der Waals surface area contributed by atoms with Crippen molar-refractivity contribution in [3.63, 3.8) is 0 Å². The summed E-state index contributed by atoms with van der Waals surface area (Å²) in [6.45, 7) is 2.12. The Morgan fingerprint density at radius 2 is 2.00 bits per heavy atom. The van der Waals surface area contributed by atoms with Crippen LogP contribution in [0.3, 0.4) is 0 Å². The number of para-hydroxylation sites is 1. The lowest BCUT2D eigenvalue weighted by Crippen LogP contribution is -2.10. The second-order valence-electron chi connectivity index (χ2n) is 5.48. The van der Waals surface area contributed by atoms with Gasteiger partial charge in [0, 0.05) is 5.69 Å². The summed E-state index contributed by atoms with van der Waals surface area (Å²) in [5, 5.41) is 5.96. The number of ether oxygens (including phenoxy) is 1. The van der Waals surface area contributed by atoms with E-state index in [4.69, 9.17) is 10.5 Å². The molecule has 0 aliphatic heterocycles. The Kier molecular flexibility index (Phi) is 4.28. The van der Waals surface area contributed by atoms with E-state index in [0.29, 0.717) is 17.7 Å². The van der Waals surface area contributed by atoms with E-state index in [1.807, 2.05) is 42.6 Å². The Balaban J connectivity index is 1.55. The van der Waals surface area contributed by atoms with Crippen LogP contribution >= 0.6 is 11.3 Å². The lowest BCUT2D eigenvalue weighted by Gasteiger charge is -2.10. The molecule has 0 saturated heterocycles. The Morgan fingerprint density at radius 1 is 1.12 bits per heavy atom. The van der Waals surface area contributed by atoms with Gasteiger partial charge in [-0.2, -0.15) is 15.0 Å². The summed E-state index contributed by atoms with van der Waals surface area (Å²) < 4.78 is 5.77. The number of benzene rings is 1. The van der Waals surface area contributed by atoms with Crippen LogP contribution in [-0.2, 0) is 6.61 Å². The van der Waals surface area contributed by atoms with Crippen molar-refractivity contribution in [2.75, 3.05) is 11.1 Å². The molecule has 0 bridgehead atoms. The molecular formula is C17H15N7OS. The molecule has 0 atom stereocenters. The van der Waals surface area contributed by atoms with Crippen LogP contribution in [0.25, 0.3) is 10.2 Å². The van der Waals surface area contributed by atoms with Gasteiger partial charge in [-0.05, 0) is 30.0 Å². The standard InChI is InChI=1S/C17H15N7OS/c1-10-4-2-3-5-12(10)21-17-23-13(22-16(18)24-17)8-25-14-11-6-7-26-15(11)20-9-19-14/h2-7,9H,8H2,1H3,(H3,18,21,22,23,24). The number of aryl methyl sites for hydroxylation is 1. The predicted octanol–water partition coefficient (Wildman–Crippen LogP) is 3.09. The van der Waals surface area contributed by atoms with E-state index in [0.717, 1.165) is 21.5 Å². The van der Waals surface area contributed by atoms with Crippen molar-refractivity contribution >= 4 is 39.1 Å². The molecule has 0 aliphatic carbocycles. The first-order chi connectivity index (χ1) is 12.7. The normalized spacial score (nSPS) is 10.8. The van der Waals surface area contributed by atoms with Crippen LogP contribution < -0.4 is 15.8 Å². The maximum absolute atomic E-state index is 5.81. The van der Waals surface area contributed by atoms with E-state index in [1.54, 1.807) is 0 Å². The first-order valence-corrected chi connectivity index (χ1v) is 8.71. The zero-order chi connectivity index (χ0) is 17.9. The maximum Gasteiger partial charge on any atom is 0.232 e. The zero-order valence-corrected chi connectivity index (χ0v) is 14.7. The topological polar surface area (TPSA) is 112 Å². The van der Waals surface area contributed by atoms with E-state index < -0.39 is 0 Å². The van der Waals surface area contributed by atoms with Crippen molar-refractivity contribution in [3.05, 3.63) is 53.4 Å². The van der Waals surface area contributed by atoms with Gasteiger partial charge < -0.3 is 15.8 Å². The fraction of sp³-hybridized carbons (Fsp3) is 0.118. The number of hydrogen-bond donors (Lipinski definition) is 2. The van der Waals surface area contributed by atoms with Gasteiger partial charge in [-0.25, -0.2) is 9.97 Å². The van der Waals surface area contributed by atoms with Crippen LogP contribution in [0.5, 0.6) is 5.88 Å². The molecule has 8 nitrogen and oxygen atoms in total. The fourth-order valence-corrected chi connectivity index (χ4v) is 3.13. The number of fused-ring (bicyclic) bond motifs is 1. The van der Waals surface area contributed by atoms with Crippen molar-refractivity contribution in [1.29, 1.82) is 0 Å². The number of hydrogen-bond acceptors (Lipinski definition) is 9. The summed E-state index contributed by atoms with van der Waals surface area (Å²) in [5.41, 5.74) is 7.79. The molecule has 9 heteroatoms. The zero-order valence-electron chi connectivity index (χ0n) is 13.9. The molecule has 4 aromatic rings. The summed E-state index contributed by atoms with van der Waals surface area (Å²) in [6, 6.07) is 9.76. The molecule has 3 heterocycles. The molecule has 130 valence electrons. The molecule has 4 rings (SSSR count). The smallest absolute Gasteiger partial charge is 0.232 e. The van der Waals surface area contributed by atoms with Crippen LogP contribution in [0, 0.1) is 6.92 Å². The second-order valence-corrected chi connectivity index (χ2v) is 6.37. The number of nitrogens with zero attached hydrogens (tertiary/aromatic N) is 5. The van der Waals surface area contributed by atoms with E-state index in [1.165, 1.54) is 17.7 Å². The van der Waals surface area contributed by atoms with Gasteiger partial charge in [-0.1, -0.05) is 18.2 Å². The Morgan fingerprint density at radius 3 is 2.88 bits per heavy atom. The van der Waals surface area contributed by atoms with Crippen LogP contribution in [0.15, 0.2) is 42.0 Å². The minimum absolute atomic E-state index is 0.122. The van der Waals surface area contributed by atoms with E-state index in [9.17, 15) is 0 Å². The van der Waals surface area contributed by atoms with Crippen molar-refractivity contribution in [2.24, 2.45) is 0 Å².